The molecule has 1 fully saturated rings. The molecule has 308 valence electrons. The minimum Gasteiger partial charge on any atom is -0.207 e. The molecule has 0 N–H and O–H groups in total. The Kier molecular flexibility index (Phi) is 10.9. The van der Waals surface area contributed by atoms with Gasteiger partial charge in [0.2, 0.25) is 0 Å². The van der Waals surface area contributed by atoms with Gasteiger partial charge in [0.1, 0.15) is 29.4 Å². The summed E-state index contributed by atoms with van der Waals surface area (Å²) in [4.78, 5) is 0. The van der Waals surface area contributed by atoms with Crippen LogP contribution in [0.1, 0.15) is 41.5 Å². The summed E-state index contributed by atoms with van der Waals surface area (Å²) in [6.07, 6.45) is -5.43. The van der Waals surface area contributed by atoms with Crippen LogP contribution < -0.4 is 21.9 Å². The van der Waals surface area contributed by atoms with Crippen molar-refractivity contribution in [3.63, 3.8) is 0 Å². The van der Waals surface area contributed by atoms with E-state index in [0.29, 0.717) is 0 Å². The van der Waals surface area contributed by atoms with Crippen LogP contribution in [0.3, 0.4) is 0 Å². The molecule has 5 rings (SSSR count). The van der Waals surface area contributed by atoms with Crippen LogP contribution in [-0.4, -0.2) is 28.7 Å². The van der Waals surface area contributed by atoms with Crippen molar-refractivity contribution in [3.8, 4) is 0 Å². The van der Waals surface area contributed by atoms with E-state index in [1.54, 1.807) is 0 Å². The Morgan fingerprint density at radius 3 is 0.737 bits per heavy atom. The minimum absolute atomic E-state index is 1.19. The molecule has 0 aliphatic carbocycles. The molecule has 23 heteroatoms. The molecule has 0 spiro atoms. The van der Waals surface area contributed by atoms with Crippen LogP contribution in [0.5, 0.6) is 0 Å². The van der Waals surface area contributed by atoms with Crippen molar-refractivity contribution in [2.24, 2.45) is 0 Å². The fourth-order valence-electron chi connectivity index (χ4n) is 8.87. The van der Waals surface area contributed by atoms with Crippen LogP contribution in [0, 0.1) is 116 Å². The van der Waals surface area contributed by atoms with E-state index in [-0.39, 0.29) is 0 Å². The molecule has 2 atom stereocenters. The maximum absolute atomic E-state index is 16.3. The van der Waals surface area contributed by atoms with Gasteiger partial charge in [0.05, 0.1) is 10.3 Å². The number of hydrogen-bond donors (Lipinski definition) is 0. The van der Waals surface area contributed by atoms with Crippen molar-refractivity contribution < 1.29 is 87.8 Å². The van der Waals surface area contributed by atoms with Gasteiger partial charge in [-0.25, -0.2) is 87.8 Å². The Balaban J connectivity index is 2.25. The normalized spacial score (nSPS) is 16.9. The van der Waals surface area contributed by atoms with Crippen LogP contribution in [-0.2, 0) is 0 Å². The van der Waals surface area contributed by atoms with E-state index < -0.39 is 181 Å². The highest BCUT2D eigenvalue weighted by atomic mass is 31.1. The SMILES string of the molecule is CC(C)(C)[PH+]([C@H]1[C@H](B(c2c(F)c(F)c(F)c(F)c2F)c2c(F)c(F)c(F)c(F)c2F)[B-]1(c1c(F)c(F)c(F)c(F)c1F)c1c(F)c(F)c(F)c(F)c1F)C(C)(C)C. The van der Waals surface area contributed by atoms with E-state index in [1.807, 2.05) is 0 Å². The van der Waals surface area contributed by atoms with E-state index in [0.717, 1.165) is 0 Å². The van der Waals surface area contributed by atoms with Gasteiger partial charge < -0.3 is 0 Å². The lowest BCUT2D eigenvalue weighted by atomic mass is 9.20. The monoisotopic (exact) mass is 862 g/mol. The first-order valence-corrected chi connectivity index (χ1v) is 17.6. The van der Waals surface area contributed by atoms with Crippen LogP contribution in [0.2, 0.25) is 5.72 Å². The van der Waals surface area contributed by atoms with Crippen molar-refractivity contribution in [2.75, 3.05) is 0 Å². The van der Waals surface area contributed by atoms with Gasteiger partial charge in [-0.3, -0.25) is 0 Å². The summed E-state index contributed by atoms with van der Waals surface area (Å²) in [5.41, 5.74) is -16.4. The Morgan fingerprint density at radius 2 is 0.526 bits per heavy atom. The molecule has 57 heavy (non-hydrogen) atoms. The summed E-state index contributed by atoms with van der Waals surface area (Å²) < 4.78 is 307. The molecule has 1 aliphatic heterocycles. The molecular formula is C34H21B2F20P. The van der Waals surface area contributed by atoms with Gasteiger partial charge in [0, 0.05) is 0 Å². The van der Waals surface area contributed by atoms with Gasteiger partial charge in [-0.1, -0.05) is 5.56 Å². The zero-order valence-corrected chi connectivity index (χ0v) is 30.4. The molecule has 0 amide bonds. The minimum atomic E-state index is -5.43. The third kappa shape index (κ3) is 6.11. The summed E-state index contributed by atoms with van der Waals surface area (Å²) in [6, 6.07) is 0. The smallest absolute Gasteiger partial charge is 0.200 e. The summed E-state index contributed by atoms with van der Waals surface area (Å²) in [5.74, 6) is -61.7. The average molecular weight is 862 g/mol. The first kappa shape index (κ1) is 44.1. The third-order valence-electron chi connectivity index (χ3n) is 10.3. The largest absolute Gasteiger partial charge is 0.207 e. The van der Waals surface area contributed by atoms with Gasteiger partial charge in [-0.15, -0.1) is 10.9 Å². The van der Waals surface area contributed by atoms with E-state index in [9.17, 15) is 35.1 Å². The highest BCUT2D eigenvalue weighted by Gasteiger charge is 2.75. The summed E-state index contributed by atoms with van der Waals surface area (Å²) >= 11 is 0. The lowest BCUT2D eigenvalue weighted by molar-refractivity contribution is 0.381. The molecule has 4 aromatic rings. The Morgan fingerprint density at radius 1 is 0.333 bits per heavy atom. The molecule has 0 aromatic heterocycles. The summed E-state index contributed by atoms with van der Waals surface area (Å²) in [6.45, 7) is 3.24. The molecule has 1 aliphatic rings. The van der Waals surface area contributed by atoms with E-state index in [4.69, 9.17) is 0 Å². The first-order valence-electron chi connectivity index (χ1n) is 16.1. The van der Waals surface area contributed by atoms with Crippen LogP contribution >= 0.6 is 7.92 Å². The summed E-state index contributed by atoms with van der Waals surface area (Å²) in [7, 11) is -3.46. The van der Waals surface area contributed by atoms with Gasteiger partial charge in [-0.2, -0.15) is 5.72 Å². The zero-order valence-electron chi connectivity index (χ0n) is 29.4. The van der Waals surface area contributed by atoms with Crippen molar-refractivity contribution in [1.82, 2.24) is 0 Å². The molecule has 0 bridgehead atoms. The molecule has 0 unspecified atom stereocenters. The fraction of sp³-hybridized carbons (Fsp3) is 0.294. The van der Waals surface area contributed by atoms with Crippen LogP contribution in [0.15, 0.2) is 0 Å². The Bertz CT molecular complexity index is 2120. The molecular weight excluding hydrogens is 841 g/mol. The lowest BCUT2D eigenvalue weighted by Gasteiger charge is -2.40. The van der Waals surface area contributed by atoms with Crippen molar-refractivity contribution >= 4 is 42.6 Å². The van der Waals surface area contributed by atoms with E-state index in [2.05, 4.69) is 0 Å². The lowest BCUT2D eigenvalue weighted by Crippen LogP contribution is -2.61. The third-order valence-corrected chi connectivity index (χ3v) is 15.1. The maximum atomic E-state index is 16.3. The second-order valence-electron chi connectivity index (χ2n) is 15.4. The second-order valence-corrected chi connectivity index (χ2v) is 19.9. The predicted octanol–water partition coefficient (Wildman–Crippen LogP) is 8.98. The number of rotatable bonds is 6. The van der Waals surface area contributed by atoms with E-state index >= 15 is 52.7 Å². The quantitative estimate of drug-likeness (QED) is 0.0598. The van der Waals surface area contributed by atoms with Gasteiger partial charge in [0.15, 0.2) is 99.8 Å². The Labute approximate surface area is 310 Å². The van der Waals surface area contributed by atoms with Gasteiger partial charge >= 0.3 is 0 Å². The number of hydrogen-bond acceptors (Lipinski definition) is 0. The molecule has 0 saturated carbocycles. The molecule has 1 saturated heterocycles. The topological polar surface area (TPSA) is 0 Å². The number of benzene rings is 4. The number of halogens is 20. The predicted molar refractivity (Wildman–Crippen MR) is 170 cm³/mol. The molecule has 0 radical (unpaired) electrons. The molecule has 1 heterocycles. The van der Waals surface area contributed by atoms with Gasteiger partial charge in [0.25, 0.3) is 0 Å². The maximum Gasteiger partial charge on any atom is 0.200 e. The Hall–Kier alpha value is -3.96. The average Bonchev–Trinajstić information content (AvgIpc) is 3.75. The van der Waals surface area contributed by atoms with E-state index in [1.165, 1.54) is 41.5 Å². The highest BCUT2D eigenvalue weighted by Crippen LogP contribution is 2.76. The van der Waals surface area contributed by atoms with Crippen molar-refractivity contribution in [2.45, 2.75) is 63.1 Å². The summed E-state index contributed by atoms with van der Waals surface area (Å²) in [5, 5.41) is -3.25. The van der Waals surface area contributed by atoms with Gasteiger partial charge in [-0.05, 0) is 60.4 Å². The fourth-order valence-corrected chi connectivity index (χ4v) is 15.0. The standard InChI is InChI=1S/C34H20B2F20P/c1-33(2,3)57(34(4,5)6)32-31(35(7-11(37)19(45)27(53)20(46)12(7)38)8-13(39)21(47)28(54)22(48)14(8)40)36(32,9-15(41)23(49)29(55)24(50)16(9)42)10-17(43)25(51)30(56)26(52)18(10)44/h31-32H,1-6H3/q-1/p+1/t31-,32+/m1/s1. The van der Waals surface area contributed by atoms with Crippen molar-refractivity contribution in [3.05, 3.63) is 116 Å². The second kappa shape index (κ2) is 14.1. The van der Waals surface area contributed by atoms with Crippen LogP contribution in [0.4, 0.5) is 87.8 Å². The van der Waals surface area contributed by atoms with Crippen molar-refractivity contribution in [1.29, 1.82) is 0 Å². The highest BCUT2D eigenvalue weighted by molar-refractivity contribution is 7.68. The first-order chi connectivity index (χ1) is 25.9. The molecule has 0 nitrogen and oxygen atoms in total. The molecule has 4 aromatic carbocycles. The zero-order chi connectivity index (χ0) is 43.7. The van der Waals surface area contributed by atoms with Crippen LogP contribution in [0.25, 0.3) is 0 Å².